The molecule has 0 fully saturated rings. The fourth-order valence-corrected chi connectivity index (χ4v) is 1.44. The van der Waals surface area contributed by atoms with Gasteiger partial charge in [0.05, 0.1) is 6.26 Å². The molecule has 1 aromatic heterocycles. The van der Waals surface area contributed by atoms with E-state index in [1.54, 1.807) is 18.4 Å². The lowest BCUT2D eigenvalue weighted by molar-refractivity contribution is 0.471. The van der Waals surface area contributed by atoms with Crippen molar-refractivity contribution >= 4 is 26.9 Å². The average molecular weight is 213 g/mol. The number of benzene rings is 1. The molecule has 3 heteroatoms. The van der Waals surface area contributed by atoms with Crippen molar-refractivity contribution in [2.45, 2.75) is 0 Å². The van der Waals surface area contributed by atoms with E-state index in [1.165, 1.54) is 0 Å². The highest BCUT2D eigenvalue weighted by Gasteiger charge is 2.05. The van der Waals surface area contributed by atoms with E-state index in [9.17, 15) is 5.11 Å². The van der Waals surface area contributed by atoms with E-state index in [0.717, 1.165) is 5.39 Å². The summed E-state index contributed by atoms with van der Waals surface area (Å²) in [4.78, 5) is 0. The summed E-state index contributed by atoms with van der Waals surface area (Å²) in [6.07, 6.45) is 1.59. The van der Waals surface area contributed by atoms with Crippen LogP contribution in [-0.4, -0.2) is 5.11 Å². The van der Waals surface area contributed by atoms with Crippen molar-refractivity contribution < 1.29 is 9.52 Å². The molecular weight excluding hydrogens is 208 g/mol. The van der Waals surface area contributed by atoms with E-state index < -0.39 is 0 Å². The number of rotatable bonds is 0. The van der Waals surface area contributed by atoms with Gasteiger partial charge in [0, 0.05) is 5.39 Å². The molecule has 2 aromatic rings. The quantitative estimate of drug-likeness (QED) is 0.729. The molecule has 1 N–H and O–H groups in total. The Bertz CT molecular complexity index is 392. The van der Waals surface area contributed by atoms with Crippen LogP contribution in [0.4, 0.5) is 0 Å². The van der Waals surface area contributed by atoms with Gasteiger partial charge in [0.2, 0.25) is 0 Å². The number of phenols is 1. The molecule has 2 nitrogen and oxygen atoms in total. The molecule has 0 saturated heterocycles. The van der Waals surface area contributed by atoms with E-state index >= 15 is 0 Å². The summed E-state index contributed by atoms with van der Waals surface area (Å²) in [6.45, 7) is 0. The summed E-state index contributed by atoms with van der Waals surface area (Å²) in [7, 11) is 0. The summed E-state index contributed by atoms with van der Waals surface area (Å²) in [5.41, 5.74) is 0.685. The van der Waals surface area contributed by atoms with E-state index in [1.807, 2.05) is 6.07 Å². The molecule has 2 rings (SSSR count). The first kappa shape index (κ1) is 6.73. The van der Waals surface area contributed by atoms with E-state index in [4.69, 9.17) is 4.42 Å². The highest BCUT2D eigenvalue weighted by Crippen LogP contribution is 2.32. The Labute approximate surface area is 71.6 Å². The first-order valence-corrected chi connectivity index (χ1v) is 3.93. The smallest absolute Gasteiger partial charge is 0.151 e. The second-order valence-corrected chi connectivity index (χ2v) is 3.03. The van der Waals surface area contributed by atoms with E-state index in [2.05, 4.69) is 15.9 Å². The lowest BCUT2D eigenvalue weighted by Crippen LogP contribution is -1.68. The third-order valence-corrected chi connectivity index (χ3v) is 2.31. The van der Waals surface area contributed by atoms with Gasteiger partial charge in [0.25, 0.3) is 0 Å². The van der Waals surface area contributed by atoms with Gasteiger partial charge in [0.15, 0.2) is 5.58 Å². The molecule has 0 atom stereocenters. The molecule has 1 heterocycles. The van der Waals surface area contributed by atoms with Crippen molar-refractivity contribution in [3.8, 4) is 5.75 Å². The van der Waals surface area contributed by atoms with Crippen LogP contribution in [0.1, 0.15) is 0 Å². The van der Waals surface area contributed by atoms with Gasteiger partial charge in [-0.1, -0.05) is 0 Å². The van der Waals surface area contributed by atoms with Crippen molar-refractivity contribution in [2.75, 3.05) is 0 Å². The maximum atomic E-state index is 9.23. The standard InChI is InChI=1S/C8H5BrO2/c9-7-6(10)2-1-5-3-4-11-8(5)7/h1-4,10H. The minimum absolute atomic E-state index is 0.201. The molecule has 56 valence electrons. The fourth-order valence-electron chi connectivity index (χ4n) is 0.987. The molecular formula is C8H5BrO2. The third-order valence-electron chi connectivity index (χ3n) is 1.54. The second-order valence-electron chi connectivity index (χ2n) is 2.24. The van der Waals surface area contributed by atoms with Gasteiger partial charge in [-0.3, -0.25) is 0 Å². The van der Waals surface area contributed by atoms with Crippen molar-refractivity contribution in [2.24, 2.45) is 0 Å². The molecule has 0 aliphatic carbocycles. The number of fused-ring (bicyclic) bond motifs is 1. The van der Waals surface area contributed by atoms with Crippen molar-refractivity contribution in [3.63, 3.8) is 0 Å². The molecule has 1 aromatic carbocycles. The van der Waals surface area contributed by atoms with Crippen LogP contribution in [0.3, 0.4) is 0 Å². The van der Waals surface area contributed by atoms with E-state index in [0.29, 0.717) is 10.1 Å². The van der Waals surface area contributed by atoms with Crippen LogP contribution < -0.4 is 0 Å². The summed E-state index contributed by atoms with van der Waals surface area (Å²) >= 11 is 3.22. The molecule has 0 radical (unpaired) electrons. The van der Waals surface area contributed by atoms with Crippen LogP contribution in [0.15, 0.2) is 33.4 Å². The van der Waals surface area contributed by atoms with Crippen LogP contribution in [0.25, 0.3) is 11.0 Å². The number of hydrogen-bond acceptors (Lipinski definition) is 2. The molecule has 11 heavy (non-hydrogen) atoms. The highest BCUT2D eigenvalue weighted by molar-refractivity contribution is 9.10. The predicted octanol–water partition coefficient (Wildman–Crippen LogP) is 2.90. The van der Waals surface area contributed by atoms with Gasteiger partial charge < -0.3 is 9.52 Å². The molecule has 0 spiro atoms. The minimum atomic E-state index is 0.201. The van der Waals surface area contributed by atoms with Gasteiger partial charge in [-0.2, -0.15) is 0 Å². The topological polar surface area (TPSA) is 33.4 Å². The largest absolute Gasteiger partial charge is 0.507 e. The van der Waals surface area contributed by atoms with Crippen molar-refractivity contribution in [1.29, 1.82) is 0 Å². The summed E-state index contributed by atoms with van der Waals surface area (Å²) < 4.78 is 5.73. The second kappa shape index (κ2) is 2.27. The lowest BCUT2D eigenvalue weighted by Gasteiger charge is -1.95. The number of hydrogen-bond donors (Lipinski definition) is 1. The van der Waals surface area contributed by atoms with Crippen LogP contribution in [0.2, 0.25) is 0 Å². The Morgan fingerprint density at radius 1 is 1.27 bits per heavy atom. The summed E-state index contributed by atoms with van der Waals surface area (Å²) in [5.74, 6) is 0.201. The summed E-state index contributed by atoms with van der Waals surface area (Å²) in [6, 6.07) is 5.28. The van der Waals surface area contributed by atoms with Crippen LogP contribution >= 0.6 is 15.9 Å². The Kier molecular flexibility index (Phi) is 1.39. The number of halogens is 1. The number of phenolic OH excluding ortho intramolecular Hbond substituents is 1. The molecule has 0 amide bonds. The third kappa shape index (κ3) is 0.922. The zero-order valence-corrected chi connectivity index (χ0v) is 7.13. The van der Waals surface area contributed by atoms with Gasteiger partial charge in [-0.25, -0.2) is 0 Å². The molecule has 0 aliphatic rings. The van der Waals surface area contributed by atoms with Gasteiger partial charge >= 0.3 is 0 Å². The number of aromatic hydroxyl groups is 1. The first-order valence-electron chi connectivity index (χ1n) is 3.14. The zero-order chi connectivity index (χ0) is 7.84. The molecule has 0 bridgehead atoms. The Morgan fingerprint density at radius 2 is 2.09 bits per heavy atom. The van der Waals surface area contributed by atoms with Crippen molar-refractivity contribution in [3.05, 3.63) is 28.9 Å². The van der Waals surface area contributed by atoms with E-state index in [-0.39, 0.29) is 5.75 Å². The molecule has 0 unspecified atom stereocenters. The van der Waals surface area contributed by atoms with Gasteiger partial charge in [-0.15, -0.1) is 0 Å². The Balaban J connectivity index is 2.93. The minimum Gasteiger partial charge on any atom is -0.507 e. The molecule has 0 saturated carbocycles. The maximum Gasteiger partial charge on any atom is 0.151 e. The zero-order valence-electron chi connectivity index (χ0n) is 5.54. The van der Waals surface area contributed by atoms with Crippen LogP contribution in [0.5, 0.6) is 5.75 Å². The maximum absolute atomic E-state index is 9.23. The highest BCUT2D eigenvalue weighted by atomic mass is 79.9. The van der Waals surface area contributed by atoms with Gasteiger partial charge in [-0.05, 0) is 34.1 Å². The van der Waals surface area contributed by atoms with Crippen LogP contribution in [-0.2, 0) is 0 Å². The molecule has 0 aliphatic heterocycles. The SMILES string of the molecule is Oc1ccc2ccoc2c1Br. The monoisotopic (exact) mass is 212 g/mol. The number of furan rings is 1. The average Bonchev–Trinajstić information content (AvgIpc) is 2.45. The predicted molar refractivity (Wildman–Crippen MR) is 45.6 cm³/mol. The Hall–Kier alpha value is -0.960. The fraction of sp³-hybridized carbons (Fsp3) is 0. The van der Waals surface area contributed by atoms with Gasteiger partial charge in [0.1, 0.15) is 10.2 Å². The summed E-state index contributed by atoms with van der Waals surface area (Å²) in [5, 5.41) is 10.2. The normalized spacial score (nSPS) is 10.6. The van der Waals surface area contributed by atoms with Crippen LogP contribution in [0, 0.1) is 0 Å². The Morgan fingerprint density at radius 3 is 2.91 bits per heavy atom. The lowest BCUT2D eigenvalue weighted by atomic mass is 10.2. The first-order chi connectivity index (χ1) is 5.29. The van der Waals surface area contributed by atoms with Crippen molar-refractivity contribution in [1.82, 2.24) is 0 Å².